The first-order valence-electron chi connectivity index (χ1n) is 4.79. The Hall–Kier alpha value is -0.300. The lowest BCUT2D eigenvalue weighted by Crippen LogP contribution is -2.31. The average molecular weight is 245 g/mol. The Morgan fingerprint density at radius 3 is 2.47 bits per heavy atom. The fraction of sp³-hybridized carbons (Fsp3) is 1.00. The van der Waals surface area contributed by atoms with Gasteiger partial charge in [0.05, 0.1) is 11.5 Å². The van der Waals surface area contributed by atoms with Crippen LogP contribution in [0.5, 0.6) is 0 Å². The smallest absolute Gasteiger partial charge is 0.313 e. The maximum Gasteiger partial charge on any atom is 0.389 e. The number of nitrogens with one attached hydrogen (secondary N) is 1. The third-order valence-electron chi connectivity index (χ3n) is 2.30. The predicted octanol–water partition coefficient (Wildman–Crippen LogP) is 1.11. The third-order valence-corrected chi connectivity index (χ3v) is 4.07. The van der Waals surface area contributed by atoms with E-state index in [2.05, 4.69) is 5.32 Å². The quantitative estimate of drug-likeness (QED) is 0.755. The van der Waals surface area contributed by atoms with E-state index in [4.69, 9.17) is 0 Å². The van der Waals surface area contributed by atoms with Crippen LogP contribution in [0.25, 0.3) is 0 Å². The van der Waals surface area contributed by atoms with E-state index in [-0.39, 0.29) is 30.5 Å². The van der Waals surface area contributed by atoms with Gasteiger partial charge in [-0.05, 0) is 19.4 Å². The molecule has 0 bridgehead atoms. The molecular formula is C8H14F3NO2S. The maximum atomic E-state index is 11.8. The first-order chi connectivity index (χ1) is 6.79. The van der Waals surface area contributed by atoms with Crippen LogP contribution < -0.4 is 5.32 Å². The predicted molar refractivity (Wildman–Crippen MR) is 50.4 cm³/mol. The molecule has 1 aliphatic rings. The Balaban J connectivity index is 2.12. The lowest BCUT2D eigenvalue weighted by molar-refractivity contribution is -0.135. The molecule has 90 valence electrons. The van der Waals surface area contributed by atoms with Crippen molar-refractivity contribution in [1.82, 2.24) is 5.32 Å². The molecule has 0 radical (unpaired) electrons. The minimum Gasteiger partial charge on any atom is -0.313 e. The summed E-state index contributed by atoms with van der Waals surface area (Å²) >= 11 is 0. The molecule has 1 rings (SSSR count). The monoisotopic (exact) mass is 245 g/mol. The van der Waals surface area contributed by atoms with E-state index < -0.39 is 22.4 Å². The summed E-state index contributed by atoms with van der Waals surface area (Å²) in [6.45, 7) is 0.222. The van der Waals surface area contributed by atoms with E-state index >= 15 is 0 Å². The molecule has 0 aromatic carbocycles. The number of hydrogen-bond acceptors (Lipinski definition) is 3. The van der Waals surface area contributed by atoms with Crippen molar-refractivity contribution in [3.63, 3.8) is 0 Å². The maximum absolute atomic E-state index is 11.8. The van der Waals surface area contributed by atoms with Gasteiger partial charge in [0.2, 0.25) is 0 Å². The van der Waals surface area contributed by atoms with Gasteiger partial charge in [-0.1, -0.05) is 0 Å². The number of sulfone groups is 1. The molecule has 1 unspecified atom stereocenters. The summed E-state index contributed by atoms with van der Waals surface area (Å²) in [5, 5.41) is 2.83. The summed E-state index contributed by atoms with van der Waals surface area (Å²) in [6, 6.07) is -0.164. The van der Waals surface area contributed by atoms with E-state index in [1.54, 1.807) is 0 Å². The first-order valence-corrected chi connectivity index (χ1v) is 6.61. The molecule has 0 amide bonds. The second-order valence-corrected chi connectivity index (χ2v) is 6.00. The highest BCUT2D eigenvalue weighted by Gasteiger charge is 2.28. The summed E-state index contributed by atoms with van der Waals surface area (Å²) < 4.78 is 57.3. The zero-order chi connectivity index (χ0) is 11.5. The second-order valence-electron chi connectivity index (χ2n) is 3.77. The molecule has 0 aromatic rings. The zero-order valence-corrected chi connectivity index (χ0v) is 9.00. The molecule has 0 aliphatic carbocycles. The van der Waals surface area contributed by atoms with Gasteiger partial charge in [-0.15, -0.1) is 0 Å². The minimum atomic E-state index is -4.12. The first kappa shape index (κ1) is 12.8. The Labute approximate surface area is 87.0 Å². The standard InChI is InChI=1S/C8H14F3NO2S/c9-8(10,11)3-1-4-12-7-2-5-15(13,14)6-7/h7,12H,1-6H2. The van der Waals surface area contributed by atoms with Crippen molar-refractivity contribution in [1.29, 1.82) is 0 Å². The highest BCUT2D eigenvalue weighted by Crippen LogP contribution is 2.21. The molecule has 15 heavy (non-hydrogen) atoms. The lowest BCUT2D eigenvalue weighted by atomic mass is 10.2. The Morgan fingerprint density at radius 2 is 2.00 bits per heavy atom. The lowest BCUT2D eigenvalue weighted by Gasteiger charge is -2.11. The SMILES string of the molecule is O=S1(=O)CCC(NCCCC(F)(F)F)C1. The Kier molecular flexibility index (Phi) is 3.99. The zero-order valence-electron chi connectivity index (χ0n) is 8.18. The minimum absolute atomic E-state index is 0.0000472. The second kappa shape index (κ2) is 4.69. The Morgan fingerprint density at radius 1 is 1.33 bits per heavy atom. The van der Waals surface area contributed by atoms with Crippen molar-refractivity contribution >= 4 is 9.84 Å². The fourth-order valence-corrected chi connectivity index (χ4v) is 3.26. The molecule has 1 aliphatic heterocycles. The molecule has 1 atom stereocenters. The molecule has 1 fully saturated rings. The molecule has 1 N–H and O–H groups in total. The molecule has 0 spiro atoms. The van der Waals surface area contributed by atoms with Gasteiger partial charge in [-0.25, -0.2) is 8.42 Å². The number of rotatable bonds is 4. The normalized spacial score (nSPS) is 25.7. The Bertz CT molecular complexity index is 299. The molecule has 0 aromatic heterocycles. The van der Waals surface area contributed by atoms with Crippen LogP contribution in [0, 0.1) is 0 Å². The van der Waals surface area contributed by atoms with Gasteiger partial charge in [0.15, 0.2) is 9.84 Å². The average Bonchev–Trinajstić information content (AvgIpc) is 2.38. The van der Waals surface area contributed by atoms with Crippen LogP contribution in [-0.2, 0) is 9.84 Å². The summed E-state index contributed by atoms with van der Waals surface area (Å²) in [6.07, 6.45) is -4.43. The van der Waals surface area contributed by atoms with Crippen LogP contribution in [0.3, 0.4) is 0 Å². The number of halogens is 3. The van der Waals surface area contributed by atoms with Crippen molar-refractivity contribution < 1.29 is 21.6 Å². The van der Waals surface area contributed by atoms with E-state index in [1.165, 1.54) is 0 Å². The molecule has 7 heteroatoms. The van der Waals surface area contributed by atoms with E-state index in [0.29, 0.717) is 6.42 Å². The van der Waals surface area contributed by atoms with Crippen molar-refractivity contribution in [3.05, 3.63) is 0 Å². The molecule has 1 heterocycles. The summed E-state index contributed by atoms with van der Waals surface area (Å²) in [5.41, 5.74) is 0. The van der Waals surface area contributed by atoms with E-state index in [9.17, 15) is 21.6 Å². The van der Waals surface area contributed by atoms with Gasteiger partial charge >= 0.3 is 6.18 Å². The topological polar surface area (TPSA) is 46.2 Å². The molecule has 1 saturated heterocycles. The highest BCUT2D eigenvalue weighted by atomic mass is 32.2. The van der Waals surface area contributed by atoms with Crippen molar-refractivity contribution in [2.24, 2.45) is 0 Å². The van der Waals surface area contributed by atoms with E-state index in [0.717, 1.165) is 0 Å². The van der Waals surface area contributed by atoms with Gasteiger partial charge < -0.3 is 5.32 Å². The molecule has 0 saturated carbocycles. The van der Waals surface area contributed by atoms with Gasteiger partial charge in [0.1, 0.15) is 0 Å². The van der Waals surface area contributed by atoms with Gasteiger partial charge in [-0.2, -0.15) is 13.2 Å². The number of hydrogen-bond donors (Lipinski definition) is 1. The third kappa shape index (κ3) is 5.36. The summed E-state index contributed by atoms with van der Waals surface area (Å²) in [4.78, 5) is 0. The van der Waals surface area contributed by atoms with Crippen LogP contribution >= 0.6 is 0 Å². The van der Waals surface area contributed by atoms with Crippen LogP contribution in [0.15, 0.2) is 0 Å². The van der Waals surface area contributed by atoms with E-state index in [1.807, 2.05) is 0 Å². The fourth-order valence-electron chi connectivity index (χ4n) is 1.55. The van der Waals surface area contributed by atoms with Gasteiger partial charge in [0.25, 0.3) is 0 Å². The van der Waals surface area contributed by atoms with Crippen LogP contribution in [-0.4, -0.2) is 38.7 Å². The number of alkyl halides is 3. The van der Waals surface area contributed by atoms with Crippen molar-refractivity contribution in [2.45, 2.75) is 31.5 Å². The van der Waals surface area contributed by atoms with Crippen LogP contribution in [0.2, 0.25) is 0 Å². The van der Waals surface area contributed by atoms with Crippen molar-refractivity contribution in [3.8, 4) is 0 Å². The highest BCUT2D eigenvalue weighted by molar-refractivity contribution is 7.91. The summed E-state index contributed by atoms with van der Waals surface area (Å²) in [5.74, 6) is 0.197. The summed E-state index contributed by atoms with van der Waals surface area (Å²) in [7, 11) is -2.95. The van der Waals surface area contributed by atoms with Crippen LogP contribution in [0.1, 0.15) is 19.3 Å². The largest absolute Gasteiger partial charge is 0.389 e. The van der Waals surface area contributed by atoms with Crippen LogP contribution in [0.4, 0.5) is 13.2 Å². The van der Waals surface area contributed by atoms with Gasteiger partial charge in [-0.3, -0.25) is 0 Å². The molecular weight excluding hydrogens is 231 g/mol. The van der Waals surface area contributed by atoms with Crippen molar-refractivity contribution in [2.75, 3.05) is 18.1 Å². The van der Waals surface area contributed by atoms with Gasteiger partial charge in [0, 0.05) is 12.5 Å². The molecule has 3 nitrogen and oxygen atoms in total.